The number of para-hydroxylation sites is 1. The Balaban J connectivity index is 1.29. The minimum Gasteiger partial charge on any atom is -0.456 e. The van der Waals surface area contributed by atoms with E-state index in [9.17, 15) is 0 Å². The van der Waals surface area contributed by atoms with E-state index >= 15 is 0 Å². The third-order valence-corrected chi connectivity index (χ3v) is 9.42. The maximum Gasteiger partial charge on any atom is 0.160 e. The third-order valence-electron chi connectivity index (χ3n) is 8.35. The monoisotopic (exact) mass is 607 g/mol. The van der Waals surface area contributed by atoms with Crippen LogP contribution >= 0.6 is 11.3 Å². The fourth-order valence-electron chi connectivity index (χ4n) is 6.18. The highest BCUT2D eigenvalue weighted by Crippen LogP contribution is 2.43. The molecule has 0 aliphatic heterocycles. The molecule has 6 aromatic carbocycles. The first kappa shape index (κ1) is 26.5. The second-order valence-electron chi connectivity index (χ2n) is 11.2. The molecule has 0 fully saturated rings. The standard InChI is InChI=1S/C41H25N3OS/c1-3-12-26(13-4-1)28-16-9-17-29(24-28)33-25-34(43-40(42-33)27-14-5-2-6-15-27)30-18-10-21-35-38(30)39-31(19-11-22-36(39)45-35)41-44-32-20-7-8-23-37(32)46-41/h1-25H. The van der Waals surface area contributed by atoms with Gasteiger partial charge in [-0.1, -0.05) is 115 Å². The first-order chi connectivity index (χ1) is 22.8. The molecular weight excluding hydrogens is 583 g/mol. The quantitative estimate of drug-likeness (QED) is 0.195. The molecule has 5 heteroatoms. The zero-order valence-electron chi connectivity index (χ0n) is 24.6. The van der Waals surface area contributed by atoms with Crippen molar-refractivity contribution >= 4 is 43.5 Å². The summed E-state index contributed by atoms with van der Waals surface area (Å²) in [7, 11) is 0. The highest BCUT2D eigenvalue weighted by Gasteiger charge is 2.20. The molecule has 216 valence electrons. The number of furan rings is 1. The Labute approximate surface area is 269 Å². The molecule has 0 amide bonds. The summed E-state index contributed by atoms with van der Waals surface area (Å²) < 4.78 is 7.64. The van der Waals surface area contributed by atoms with Crippen LogP contribution in [0.2, 0.25) is 0 Å². The maximum atomic E-state index is 6.48. The lowest BCUT2D eigenvalue weighted by molar-refractivity contribution is 0.669. The number of nitrogens with zero attached hydrogens (tertiary/aromatic N) is 3. The van der Waals surface area contributed by atoms with Gasteiger partial charge in [-0.25, -0.2) is 15.0 Å². The van der Waals surface area contributed by atoms with Gasteiger partial charge in [0.2, 0.25) is 0 Å². The van der Waals surface area contributed by atoms with Gasteiger partial charge in [-0.15, -0.1) is 11.3 Å². The molecule has 0 saturated carbocycles. The van der Waals surface area contributed by atoms with Gasteiger partial charge < -0.3 is 4.42 Å². The fourth-order valence-corrected chi connectivity index (χ4v) is 7.18. The summed E-state index contributed by atoms with van der Waals surface area (Å²) in [4.78, 5) is 15.3. The van der Waals surface area contributed by atoms with Crippen LogP contribution < -0.4 is 0 Å². The largest absolute Gasteiger partial charge is 0.456 e. The molecule has 0 N–H and O–H groups in total. The summed E-state index contributed by atoms with van der Waals surface area (Å²) in [5.41, 5.74) is 10.7. The SMILES string of the molecule is c1ccc(-c2cccc(-c3cc(-c4cccc5oc6cccc(-c7nc8ccccc8s7)c6c45)nc(-c4ccccc4)n3)c2)cc1. The van der Waals surface area contributed by atoms with E-state index in [0.29, 0.717) is 5.82 Å². The van der Waals surface area contributed by atoms with Crippen LogP contribution in [0.1, 0.15) is 0 Å². The van der Waals surface area contributed by atoms with Gasteiger partial charge >= 0.3 is 0 Å². The van der Waals surface area contributed by atoms with E-state index in [1.807, 2.05) is 54.6 Å². The number of fused-ring (bicyclic) bond motifs is 4. The van der Waals surface area contributed by atoms with Crippen LogP contribution in [0.3, 0.4) is 0 Å². The predicted molar refractivity (Wildman–Crippen MR) is 190 cm³/mol. The number of rotatable bonds is 5. The summed E-state index contributed by atoms with van der Waals surface area (Å²) in [6.07, 6.45) is 0. The smallest absolute Gasteiger partial charge is 0.160 e. The number of hydrogen-bond acceptors (Lipinski definition) is 5. The molecule has 0 aliphatic carbocycles. The Morgan fingerprint density at radius 2 is 1.04 bits per heavy atom. The average molecular weight is 608 g/mol. The molecule has 9 aromatic rings. The summed E-state index contributed by atoms with van der Waals surface area (Å²) in [6, 6.07) is 52.0. The normalized spacial score (nSPS) is 11.5. The molecule has 0 atom stereocenters. The maximum absolute atomic E-state index is 6.48. The van der Waals surface area contributed by atoms with Crippen molar-refractivity contribution in [2.75, 3.05) is 0 Å². The number of thiazole rings is 1. The lowest BCUT2D eigenvalue weighted by Crippen LogP contribution is -1.96. The van der Waals surface area contributed by atoms with E-state index in [1.54, 1.807) is 11.3 Å². The minimum absolute atomic E-state index is 0.675. The Kier molecular flexibility index (Phi) is 6.28. The Morgan fingerprint density at radius 3 is 1.83 bits per heavy atom. The number of aromatic nitrogens is 3. The summed E-state index contributed by atoms with van der Waals surface area (Å²) in [6.45, 7) is 0. The van der Waals surface area contributed by atoms with E-state index in [0.717, 1.165) is 76.4 Å². The summed E-state index contributed by atoms with van der Waals surface area (Å²) in [5.74, 6) is 0.675. The molecule has 4 nitrogen and oxygen atoms in total. The molecule has 3 aromatic heterocycles. The Bertz CT molecular complexity index is 2500. The van der Waals surface area contributed by atoms with E-state index in [-0.39, 0.29) is 0 Å². The highest BCUT2D eigenvalue weighted by molar-refractivity contribution is 7.21. The van der Waals surface area contributed by atoms with Gasteiger partial charge in [0.05, 0.1) is 21.6 Å². The van der Waals surface area contributed by atoms with Gasteiger partial charge in [0, 0.05) is 33.0 Å². The van der Waals surface area contributed by atoms with E-state index < -0.39 is 0 Å². The van der Waals surface area contributed by atoms with Gasteiger partial charge in [0.25, 0.3) is 0 Å². The van der Waals surface area contributed by atoms with E-state index in [2.05, 4.69) is 97.1 Å². The second kappa shape index (κ2) is 10.9. The van der Waals surface area contributed by atoms with Gasteiger partial charge in [0.15, 0.2) is 5.82 Å². The van der Waals surface area contributed by atoms with Crippen molar-refractivity contribution in [2.24, 2.45) is 0 Å². The van der Waals surface area contributed by atoms with Gasteiger partial charge in [-0.3, -0.25) is 0 Å². The fraction of sp³-hybridized carbons (Fsp3) is 0. The Morgan fingerprint density at radius 1 is 0.435 bits per heavy atom. The van der Waals surface area contributed by atoms with Crippen molar-refractivity contribution in [1.29, 1.82) is 0 Å². The van der Waals surface area contributed by atoms with Crippen LogP contribution in [-0.4, -0.2) is 15.0 Å². The average Bonchev–Trinajstić information content (AvgIpc) is 3.74. The molecular formula is C41H25N3OS. The minimum atomic E-state index is 0.675. The molecule has 0 radical (unpaired) electrons. The van der Waals surface area contributed by atoms with Gasteiger partial charge in [-0.2, -0.15) is 0 Å². The van der Waals surface area contributed by atoms with Crippen LogP contribution in [-0.2, 0) is 0 Å². The first-order valence-electron chi connectivity index (χ1n) is 15.2. The molecule has 0 aliphatic rings. The summed E-state index contributed by atoms with van der Waals surface area (Å²) in [5, 5.41) is 3.03. The van der Waals surface area contributed by atoms with E-state index in [4.69, 9.17) is 19.4 Å². The molecule has 0 spiro atoms. The molecule has 46 heavy (non-hydrogen) atoms. The van der Waals surface area contributed by atoms with Crippen molar-refractivity contribution in [3.63, 3.8) is 0 Å². The van der Waals surface area contributed by atoms with Crippen molar-refractivity contribution in [2.45, 2.75) is 0 Å². The zero-order chi connectivity index (χ0) is 30.5. The van der Waals surface area contributed by atoms with Crippen molar-refractivity contribution in [3.8, 4) is 55.6 Å². The lowest BCUT2D eigenvalue weighted by atomic mass is 9.98. The predicted octanol–water partition coefficient (Wildman–Crippen LogP) is 11.3. The Hall–Kier alpha value is -5.91. The second-order valence-corrected chi connectivity index (χ2v) is 12.3. The van der Waals surface area contributed by atoms with Crippen LogP contribution in [0.5, 0.6) is 0 Å². The number of benzene rings is 6. The zero-order valence-corrected chi connectivity index (χ0v) is 25.4. The van der Waals surface area contributed by atoms with Crippen LogP contribution in [0, 0.1) is 0 Å². The summed E-state index contributed by atoms with van der Waals surface area (Å²) >= 11 is 1.70. The van der Waals surface area contributed by atoms with Crippen LogP contribution in [0.15, 0.2) is 156 Å². The molecule has 0 unspecified atom stereocenters. The lowest BCUT2D eigenvalue weighted by Gasteiger charge is -2.11. The van der Waals surface area contributed by atoms with Crippen molar-refractivity contribution < 1.29 is 4.42 Å². The molecule has 9 rings (SSSR count). The van der Waals surface area contributed by atoms with Crippen molar-refractivity contribution in [1.82, 2.24) is 15.0 Å². The first-order valence-corrected chi connectivity index (χ1v) is 16.0. The highest BCUT2D eigenvalue weighted by atomic mass is 32.1. The topological polar surface area (TPSA) is 51.8 Å². The van der Waals surface area contributed by atoms with Gasteiger partial charge in [-0.05, 0) is 47.5 Å². The van der Waals surface area contributed by atoms with Crippen LogP contribution in [0.25, 0.3) is 87.8 Å². The molecule has 0 saturated heterocycles. The molecule has 0 bridgehead atoms. The van der Waals surface area contributed by atoms with Crippen molar-refractivity contribution in [3.05, 3.63) is 152 Å². The molecule has 3 heterocycles. The van der Waals surface area contributed by atoms with Gasteiger partial charge in [0.1, 0.15) is 16.2 Å². The third kappa shape index (κ3) is 4.57. The number of hydrogen-bond donors (Lipinski definition) is 0. The van der Waals surface area contributed by atoms with Crippen LogP contribution in [0.4, 0.5) is 0 Å². The van der Waals surface area contributed by atoms with E-state index in [1.165, 1.54) is 5.56 Å².